The van der Waals surface area contributed by atoms with Gasteiger partial charge >= 0.3 is 5.97 Å². The van der Waals surface area contributed by atoms with E-state index in [-0.39, 0.29) is 5.97 Å². The average Bonchev–Trinajstić information content (AvgIpc) is 1.80. The van der Waals surface area contributed by atoms with Crippen LogP contribution in [0.25, 0.3) is 0 Å². The van der Waals surface area contributed by atoms with Crippen molar-refractivity contribution < 1.29 is 9.53 Å². The smallest absolute Gasteiger partial charge is 0.302 e. The van der Waals surface area contributed by atoms with Crippen LogP contribution in [-0.4, -0.2) is 25.4 Å². The molecule has 0 aliphatic rings. The van der Waals surface area contributed by atoms with Crippen LogP contribution in [0.15, 0.2) is 0 Å². The lowest BCUT2D eigenvalue weighted by molar-refractivity contribution is -0.140. The summed E-state index contributed by atoms with van der Waals surface area (Å²) >= 11 is 1.51. The van der Waals surface area contributed by atoms with E-state index in [1.807, 2.05) is 6.26 Å². The fourth-order valence-corrected chi connectivity index (χ4v) is 0.626. The second-order valence-electron chi connectivity index (χ2n) is 1.44. The summed E-state index contributed by atoms with van der Waals surface area (Å²) in [6.45, 7) is 2.57. The Balaban J connectivity index is 2.83. The molecular formula is C5H11NO2S. The van der Waals surface area contributed by atoms with E-state index in [0.29, 0.717) is 13.2 Å². The number of ether oxygens (including phenoxy) is 1. The van der Waals surface area contributed by atoms with Crippen molar-refractivity contribution in [1.82, 2.24) is 4.72 Å². The Morgan fingerprint density at radius 1 is 1.78 bits per heavy atom. The summed E-state index contributed by atoms with van der Waals surface area (Å²) in [5.74, 6) is -0.224. The second kappa shape index (κ2) is 5.91. The molecule has 0 aromatic rings. The number of hydrogen-bond acceptors (Lipinski definition) is 4. The van der Waals surface area contributed by atoms with E-state index in [9.17, 15) is 4.79 Å². The summed E-state index contributed by atoms with van der Waals surface area (Å²) in [4.78, 5) is 10.2. The van der Waals surface area contributed by atoms with Gasteiger partial charge in [-0.15, -0.1) is 0 Å². The molecule has 0 aliphatic carbocycles. The molecule has 0 aliphatic heterocycles. The fraction of sp³-hybridized carbons (Fsp3) is 0.800. The zero-order valence-electron chi connectivity index (χ0n) is 5.64. The predicted molar refractivity (Wildman–Crippen MR) is 38.2 cm³/mol. The molecule has 0 heterocycles. The van der Waals surface area contributed by atoms with Gasteiger partial charge in [0.2, 0.25) is 0 Å². The summed E-state index contributed by atoms with van der Waals surface area (Å²) in [6, 6.07) is 0. The molecule has 0 radical (unpaired) electrons. The van der Waals surface area contributed by atoms with Gasteiger partial charge in [-0.25, -0.2) is 0 Å². The molecule has 0 saturated heterocycles. The molecule has 0 amide bonds. The largest absolute Gasteiger partial charge is 0.464 e. The van der Waals surface area contributed by atoms with Crippen LogP contribution in [0.5, 0.6) is 0 Å². The maximum atomic E-state index is 10.2. The van der Waals surface area contributed by atoms with Crippen LogP contribution < -0.4 is 4.72 Å². The highest BCUT2D eigenvalue weighted by atomic mass is 32.2. The zero-order chi connectivity index (χ0) is 7.11. The van der Waals surface area contributed by atoms with Gasteiger partial charge in [-0.2, -0.15) is 0 Å². The highest BCUT2D eigenvalue weighted by Crippen LogP contribution is 1.80. The van der Waals surface area contributed by atoms with E-state index in [0.717, 1.165) is 0 Å². The Morgan fingerprint density at radius 2 is 2.44 bits per heavy atom. The van der Waals surface area contributed by atoms with Crippen LogP contribution in [0, 0.1) is 0 Å². The van der Waals surface area contributed by atoms with Gasteiger partial charge in [0, 0.05) is 13.5 Å². The standard InChI is InChI=1S/C5H11NO2S/c1-5(7)8-4-3-6-9-2/h6H,3-4H2,1-2H3. The Kier molecular flexibility index (Phi) is 5.76. The van der Waals surface area contributed by atoms with E-state index in [4.69, 9.17) is 0 Å². The summed E-state index contributed by atoms with van der Waals surface area (Å²) in [6.07, 6.45) is 1.92. The molecule has 0 unspecified atom stereocenters. The van der Waals surface area contributed by atoms with Gasteiger partial charge < -0.3 is 4.74 Å². The molecule has 0 spiro atoms. The third-order valence-corrected chi connectivity index (χ3v) is 1.15. The van der Waals surface area contributed by atoms with Gasteiger partial charge in [0.15, 0.2) is 0 Å². The van der Waals surface area contributed by atoms with Crippen LogP contribution in [0.3, 0.4) is 0 Å². The lowest BCUT2D eigenvalue weighted by atomic mass is 10.7. The van der Waals surface area contributed by atoms with E-state index < -0.39 is 0 Å². The number of nitrogens with one attached hydrogen (secondary N) is 1. The van der Waals surface area contributed by atoms with Gasteiger partial charge in [0.25, 0.3) is 0 Å². The van der Waals surface area contributed by atoms with Crippen molar-refractivity contribution in [2.45, 2.75) is 6.92 Å². The number of carbonyl (C=O) groups is 1. The topological polar surface area (TPSA) is 38.3 Å². The summed E-state index contributed by atoms with van der Waals surface area (Å²) in [5, 5.41) is 0. The maximum Gasteiger partial charge on any atom is 0.302 e. The number of carbonyl (C=O) groups excluding carboxylic acids is 1. The molecule has 0 aromatic carbocycles. The highest BCUT2D eigenvalue weighted by Gasteiger charge is 1.89. The quantitative estimate of drug-likeness (QED) is 0.357. The Morgan fingerprint density at radius 3 is 2.89 bits per heavy atom. The lowest BCUT2D eigenvalue weighted by Crippen LogP contribution is -2.13. The van der Waals surface area contributed by atoms with Gasteiger partial charge in [0.1, 0.15) is 6.61 Å². The summed E-state index contributed by atoms with van der Waals surface area (Å²) < 4.78 is 7.57. The van der Waals surface area contributed by atoms with Gasteiger partial charge in [0.05, 0.1) is 0 Å². The Hall–Kier alpha value is -0.220. The number of esters is 1. The van der Waals surface area contributed by atoms with Crippen LogP contribution >= 0.6 is 11.9 Å². The summed E-state index contributed by atoms with van der Waals surface area (Å²) in [7, 11) is 0. The summed E-state index contributed by atoms with van der Waals surface area (Å²) in [5.41, 5.74) is 0. The first-order chi connectivity index (χ1) is 4.27. The molecule has 1 N–H and O–H groups in total. The average molecular weight is 149 g/mol. The van der Waals surface area contributed by atoms with Gasteiger partial charge in [-0.1, -0.05) is 11.9 Å². The minimum atomic E-state index is -0.224. The minimum absolute atomic E-state index is 0.224. The van der Waals surface area contributed by atoms with Crippen molar-refractivity contribution in [2.75, 3.05) is 19.4 Å². The van der Waals surface area contributed by atoms with E-state index in [1.165, 1.54) is 18.9 Å². The van der Waals surface area contributed by atoms with Crippen molar-refractivity contribution in [1.29, 1.82) is 0 Å². The lowest BCUT2D eigenvalue weighted by Gasteiger charge is -1.99. The second-order valence-corrected chi connectivity index (χ2v) is 2.14. The van der Waals surface area contributed by atoms with Crippen LogP contribution in [0.4, 0.5) is 0 Å². The van der Waals surface area contributed by atoms with Gasteiger partial charge in [-0.3, -0.25) is 9.52 Å². The zero-order valence-corrected chi connectivity index (χ0v) is 6.46. The molecule has 4 heteroatoms. The number of hydrogen-bond donors (Lipinski definition) is 1. The molecule has 0 bridgehead atoms. The molecule has 9 heavy (non-hydrogen) atoms. The number of rotatable bonds is 4. The van der Waals surface area contributed by atoms with Crippen LogP contribution in [0.1, 0.15) is 6.92 Å². The molecule has 3 nitrogen and oxygen atoms in total. The minimum Gasteiger partial charge on any atom is -0.464 e. The Labute approximate surface area is 59.3 Å². The third-order valence-electron chi connectivity index (χ3n) is 0.654. The van der Waals surface area contributed by atoms with Crippen molar-refractivity contribution in [3.05, 3.63) is 0 Å². The first-order valence-corrected chi connectivity index (χ1v) is 3.89. The first kappa shape index (κ1) is 8.78. The molecular weight excluding hydrogens is 138 g/mol. The molecule has 0 fully saturated rings. The third kappa shape index (κ3) is 7.78. The predicted octanol–water partition coefficient (Wildman–Crippen LogP) is 0.417. The first-order valence-electron chi connectivity index (χ1n) is 2.66. The molecule has 0 saturated carbocycles. The van der Waals surface area contributed by atoms with Crippen LogP contribution in [-0.2, 0) is 9.53 Å². The van der Waals surface area contributed by atoms with Crippen molar-refractivity contribution in [3.63, 3.8) is 0 Å². The van der Waals surface area contributed by atoms with E-state index in [1.54, 1.807) is 0 Å². The maximum absolute atomic E-state index is 10.2. The Bertz CT molecular complexity index is 87.0. The highest BCUT2D eigenvalue weighted by molar-refractivity contribution is 7.96. The van der Waals surface area contributed by atoms with Gasteiger partial charge in [-0.05, 0) is 6.26 Å². The molecule has 54 valence electrons. The van der Waals surface area contributed by atoms with Crippen LogP contribution in [0.2, 0.25) is 0 Å². The normalized spacial score (nSPS) is 9.11. The SMILES string of the molecule is CSNCCOC(C)=O. The van der Waals surface area contributed by atoms with Crippen molar-refractivity contribution in [3.8, 4) is 0 Å². The van der Waals surface area contributed by atoms with E-state index in [2.05, 4.69) is 9.46 Å². The monoisotopic (exact) mass is 149 g/mol. The molecule has 0 rings (SSSR count). The van der Waals surface area contributed by atoms with E-state index >= 15 is 0 Å². The van der Waals surface area contributed by atoms with Crippen molar-refractivity contribution >= 4 is 17.9 Å². The van der Waals surface area contributed by atoms with Crippen molar-refractivity contribution in [2.24, 2.45) is 0 Å². The fourth-order valence-electron chi connectivity index (χ4n) is 0.338. The molecule has 0 atom stereocenters. The molecule has 0 aromatic heterocycles.